The molecule has 4 aliphatic rings. The lowest BCUT2D eigenvalue weighted by Gasteiger charge is -2.51. The molecule has 3 heterocycles. The number of amides is 2. The van der Waals surface area contributed by atoms with E-state index in [1.807, 2.05) is 23.1 Å². The number of aliphatic carboxylic acids is 1. The summed E-state index contributed by atoms with van der Waals surface area (Å²) in [6.07, 6.45) is 6.34. The molecule has 0 radical (unpaired) electrons. The molecule has 0 spiro atoms. The molecule has 5 N–H and O–H groups in total. The fourth-order valence-electron chi connectivity index (χ4n) is 7.29. The van der Waals surface area contributed by atoms with Crippen LogP contribution in [-0.2, 0) is 24.3 Å². The van der Waals surface area contributed by atoms with Gasteiger partial charge in [-0.15, -0.1) is 0 Å². The largest absolute Gasteiger partial charge is 0.481 e. The van der Waals surface area contributed by atoms with E-state index in [0.717, 1.165) is 36.0 Å². The zero-order valence-corrected chi connectivity index (χ0v) is 24.6. The second-order valence-corrected chi connectivity index (χ2v) is 12.8. The number of fused-ring (bicyclic) bond motifs is 5. The Balaban J connectivity index is 1.02. The monoisotopic (exact) mass is 611 g/mol. The molecule has 2 aromatic carbocycles. The molecule has 13 heteroatoms. The van der Waals surface area contributed by atoms with Crippen molar-refractivity contribution in [1.82, 2.24) is 25.2 Å². The van der Waals surface area contributed by atoms with Gasteiger partial charge in [-0.1, -0.05) is 18.2 Å². The highest BCUT2D eigenvalue weighted by Gasteiger charge is 2.52. The highest BCUT2D eigenvalue weighted by molar-refractivity contribution is 5.98. The fourth-order valence-corrected chi connectivity index (χ4v) is 7.29. The quantitative estimate of drug-likeness (QED) is 0.213. The first-order chi connectivity index (χ1) is 21.6. The Kier molecular flexibility index (Phi) is 6.71. The SMILES string of the molecule is Nc1c(N2CCc3ccc(CNC(=O)c4cc(C(=O)NCC56CCC(C(=O)O)(CC5)CC6)n5nccc5n4)cc3C2)c(=O)c1=O. The van der Waals surface area contributed by atoms with Gasteiger partial charge in [0.2, 0.25) is 0 Å². The number of nitrogens with two attached hydrogens (primary N) is 1. The first kappa shape index (κ1) is 28.7. The molecule has 2 bridgehead atoms. The van der Waals surface area contributed by atoms with E-state index in [0.29, 0.717) is 51.0 Å². The van der Waals surface area contributed by atoms with Gasteiger partial charge in [0.15, 0.2) is 5.65 Å². The van der Waals surface area contributed by atoms with Crippen molar-refractivity contribution >= 4 is 34.8 Å². The van der Waals surface area contributed by atoms with Crippen molar-refractivity contribution in [2.45, 2.75) is 58.0 Å². The van der Waals surface area contributed by atoms with Gasteiger partial charge in [0.25, 0.3) is 22.7 Å². The number of aromatic nitrogens is 3. The second kappa shape index (κ2) is 10.5. The Bertz CT molecular complexity index is 1930. The minimum Gasteiger partial charge on any atom is -0.481 e. The number of carbonyl (C=O) groups excluding carboxylic acids is 2. The van der Waals surface area contributed by atoms with Crippen LogP contribution in [0, 0.1) is 10.8 Å². The van der Waals surface area contributed by atoms with Crippen molar-refractivity contribution in [3.8, 4) is 0 Å². The molecular formula is C32H33N7O6. The summed E-state index contributed by atoms with van der Waals surface area (Å²) in [4.78, 5) is 68.3. The average Bonchev–Trinajstić information content (AvgIpc) is 3.55. The predicted molar refractivity (Wildman–Crippen MR) is 164 cm³/mol. The molecular weight excluding hydrogens is 578 g/mol. The molecule has 2 aromatic heterocycles. The van der Waals surface area contributed by atoms with Crippen LogP contribution in [0.1, 0.15) is 76.2 Å². The normalized spacial score (nSPS) is 22.4. The maximum absolute atomic E-state index is 13.4. The number of nitrogens with zero attached hydrogens (tertiary/aromatic N) is 4. The maximum Gasteiger partial charge on any atom is 0.309 e. The van der Waals surface area contributed by atoms with Gasteiger partial charge in [0, 0.05) is 38.3 Å². The van der Waals surface area contributed by atoms with E-state index in [-0.39, 0.29) is 40.6 Å². The van der Waals surface area contributed by atoms with Gasteiger partial charge < -0.3 is 26.4 Å². The molecule has 3 saturated carbocycles. The molecule has 0 saturated heterocycles. The Labute approximate surface area is 257 Å². The van der Waals surface area contributed by atoms with Crippen molar-refractivity contribution < 1.29 is 19.5 Å². The lowest BCUT2D eigenvalue weighted by Crippen LogP contribution is -2.50. The zero-order valence-electron chi connectivity index (χ0n) is 24.6. The van der Waals surface area contributed by atoms with Gasteiger partial charge in [-0.05, 0) is 67.1 Å². The van der Waals surface area contributed by atoms with E-state index in [1.165, 1.54) is 16.8 Å². The molecule has 8 rings (SSSR count). The highest BCUT2D eigenvalue weighted by atomic mass is 16.4. The van der Waals surface area contributed by atoms with Crippen molar-refractivity contribution in [2.24, 2.45) is 10.8 Å². The number of rotatable bonds is 8. The molecule has 1 aliphatic heterocycles. The van der Waals surface area contributed by atoms with Gasteiger partial charge in [-0.25, -0.2) is 9.50 Å². The smallest absolute Gasteiger partial charge is 0.309 e. The molecule has 232 valence electrons. The Morgan fingerprint density at radius 3 is 2.40 bits per heavy atom. The summed E-state index contributed by atoms with van der Waals surface area (Å²) < 4.78 is 1.40. The number of anilines is 2. The van der Waals surface area contributed by atoms with Crippen molar-refractivity contribution in [3.05, 3.63) is 85.1 Å². The Morgan fingerprint density at radius 2 is 1.69 bits per heavy atom. The van der Waals surface area contributed by atoms with Crippen LogP contribution in [-0.4, -0.2) is 50.6 Å². The van der Waals surface area contributed by atoms with E-state index in [9.17, 15) is 29.1 Å². The molecule has 0 atom stereocenters. The highest BCUT2D eigenvalue weighted by Crippen LogP contribution is 2.56. The van der Waals surface area contributed by atoms with Gasteiger partial charge in [0.1, 0.15) is 22.8 Å². The summed E-state index contributed by atoms with van der Waals surface area (Å²) in [6.45, 7) is 1.66. The van der Waals surface area contributed by atoms with Crippen molar-refractivity contribution in [1.29, 1.82) is 0 Å². The van der Waals surface area contributed by atoms with Crippen LogP contribution in [0.3, 0.4) is 0 Å². The molecule has 13 nitrogen and oxygen atoms in total. The Hall–Kier alpha value is -5.07. The summed E-state index contributed by atoms with van der Waals surface area (Å²) in [5.41, 5.74) is 7.72. The van der Waals surface area contributed by atoms with Gasteiger partial charge in [0.05, 0.1) is 11.6 Å². The van der Waals surface area contributed by atoms with E-state index >= 15 is 0 Å². The maximum atomic E-state index is 13.4. The molecule has 3 fully saturated rings. The topological polar surface area (TPSA) is 189 Å². The molecule has 45 heavy (non-hydrogen) atoms. The number of nitrogen functional groups attached to an aromatic ring is 1. The third-order valence-electron chi connectivity index (χ3n) is 10.3. The van der Waals surface area contributed by atoms with Gasteiger partial charge in [-0.2, -0.15) is 5.10 Å². The number of hydrogen-bond acceptors (Lipinski definition) is 9. The lowest BCUT2D eigenvalue weighted by atomic mass is 9.53. The van der Waals surface area contributed by atoms with Gasteiger partial charge in [-0.3, -0.25) is 24.0 Å². The van der Waals surface area contributed by atoms with E-state index in [1.54, 1.807) is 6.07 Å². The number of nitrogens with one attached hydrogen (secondary N) is 2. The van der Waals surface area contributed by atoms with Crippen LogP contribution in [0.25, 0.3) is 5.65 Å². The fraction of sp³-hybridized carbons (Fsp3) is 0.406. The van der Waals surface area contributed by atoms with E-state index in [2.05, 4.69) is 20.7 Å². The standard InChI is InChI=1S/C32H33N7O6/c33-24-25(27(41)26(24)40)38-12-4-19-2-1-18(13-20(19)16-38)15-34-28(42)21-14-22(39-23(37-21)3-11-36-39)29(43)35-17-31-5-8-32(9-6-31,10-7-31)30(44)45/h1-3,11,13-14H,4-10,12,15-17,33H2,(H,34,42)(H,35,43)(H,44,45). The average molecular weight is 612 g/mol. The van der Waals surface area contributed by atoms with Crippen LogP contribution >= 0.6 is 0 Å². The minimum absolute atomic E-state index is 0.0111. The predicted octanol–water partition coefficient (Wildman–Crippen LogP) is 1.56. The molecule has 2 amide bonds. The molecule has 0 unspecified atom stereocenters. The number of carbonyl (C=O) groups is 3. The minimum atomic E-state index is -0.717. The van der Waals surface area contributed by atoms with E-state index < -0.39 is 28.1 Å². The first-order valence-corrected chi connectivity index (χ1v) is 15.2. The number of carboxylic acids is 1. The summed E-state index contributed by atoms with van der Waals surface area (Å²) in [5.74, 6) is -1.55. The van der Waals surface area contributed by atoms with Crippen LogP contribution in [0.2, 0.25) is 0 Å². The van der Waals surface area contributed by atoms with Crippen LogP contribution in [0.4, 0.5) is 11.4 Å². The van der Waals surface area contributed by atoms with Crippen LogP contribution < -0.4 is 32.1 Å². The third kappa shape index (κ3) is 4.82. The number of carboxylic acid groups (broad SMARTS) is 1. The van der Waals surface area contributed by atoms with E-state index in [4.69, 9.17) is 5.73 Å². The Morgan fingerprint density at radius 1 is 0.933 bits per heavy atom. The molecule has 3 aliphatic carbocycles. The summed E-state index contributed by atoms with van der Waals surface area (Å²) in [6, 6.07) is 8.95. The zero-order chi connectivity index (χ0) is 31.5. The summed E-state index contributed by atoms with van der Waals surface area (Å²) in [7, 11) is 0. The summed E-state index contributed by atoms with van der Waals surface area (Å²) in [5, 5.41) is 19.8. The number of hydrogen-bond donors (Lipinski definition) is 4. The third-order valence-corrected chi connectivity index (χ3v) is 10.3. The number of benzene rings is 1. The lowest BCUT2D eigenvalue weighted by molar-refractivity contribution is -0.158. The first-order valence-electron chi connectivity index (χ1n) is 15.2. The van der Waals surface area contributed by atoms with Crippen LogP contribution in [0.5, 0.6) is 0 Å². The van der Waals surface area contributed by atoms with Crippen molar-refractivity contribution in [2.75, 3.05) is 23.7 Å². The van der Waals surface area contributed by atoms with Gasteiger partial charge >= 0.3 is 5.97 Å². The van der Waals surface area contributed by atoms with Crippen LogP contribution in [0.15, 0.2) is 46.1 Å². The molecule has 4 aromatic rings. The summed E-state index contributed by atoms with van der Waals surface area (Å²) >= 11 is 0. The second-order valence-electron chi connectivity index (χ2n) is 12.8. The van der Waals surface area contributed by atoms with Crippen molar-refractivity contribution in [3.63, 3.8) is 0 Å².